The van der Waals surface area contributed by atoms with Gasteiger partial charge in [0.1, 0.15) is 5.82 Å². The quantitative estimate of drug-likeness (QED) is 0.425. The summed E-state index contributed by atoms with van der Waals surface area (Å²) in [5, 5.41) is 0. The summed E-state index contributed by atoms with van der Waals surface area (Å²) in [6.45, 7) is 4.47. The van der Waals surface area contributed by atoms with Crippen LogP contribution in [-0.4, -0.2) is 0 Å². The molecule has 0 radical (unpaired) electrons. The molecule has 0 aromatic heterocycles. The Labute approximate surface area is 178 Å². The fraction of sp³-hybridized carbons (Fsp3) is 0.643. The number of halogens is 1. The maximum Gasteiger partial charge on any atom is 0.139 e. The molecule has 3 rings (SSSR count). The van der Waals surface area contributed by atoms with Crippen LogP contribution >= 0.6 is 0 Å². The molecule has 0 spiro atoms. The van der Waals surface area contributed by atoms with Gasteiger partial charge in [-0.2, -0.15) is 0 Å². The van der Waals surface area contributed by atoms with Gasteiger partial charge in [-0.3, -0.25) is 0 Å². The van der Waals surface area contributed by atoms with Gasteiger partial charge in [0.05, 0.1) is 5.56 Å². The number of allylic oxidation sites excluding steroid dienone is 1. The number of hydrogen-bond donors (Lipinski definition) is 0. The third kappa shape index (κ3) is 6.74. The smallest absolute Gasteiger partial charge is 0.139 e. The molecule has 29 heavy (non-hydrogen) atoms. The first kappa shape index (κ1) is 22.1. The highest BCUT2D eigenvalue weighted by atomic mass is 19.1. The van der Waals surface area contributed by atoms with Crippen LogP contribution in [0.2, 0.25) is 0 Å². The third-order valence-corrected chi connectivity index (χ3v) is 7.20. The number of hydrogen-bond acceptors (Lipinski definition) is 0. The van der Waals surface area contributed by atoms with Crippen LogP contribution in [0.25, 0.3) is 6.08 Å². The van der Waals surface area contributed by atoms with Crippen LogP contribution in [0.1, 0.15) is 102 Å². The molecule has 0 N–H and O–H groups in total. The van der Waals surface area contributed by atoms with Crippen molar-refractivity contribution in [1.29, 1.82) is 0 Å². The van der Waals surface area contributed by atoms with Gasteiger partial charge in [0.15, 0.2) is 0 Å². The summed E-state index contributed by atoms with van der Waals surface area (Å²) in [6.07, 6.45) is 19.9. The van der Waals surface area contributed by atoms with Gasteiger partial charge in [-0.15, -0.1) is 0 Å². The number of unbranched alkanes of at least 4 members (excludes halogenated alkanes) is 1. The first-order valence-electron chi connectivity index (χ1n) is 12.2. The van der Waals surface area contributed by atoms with Crippen LogP contribution in [0.5, 0.6) is 0 Å². The summed E-state index contributed by atoms with van der Waals surface area (Å²) in [6, 6.07) is 5.43. The Balaban J connectivity index is 1.47. The minimum absolute atomic E-state index is 0.186. The lowest BCUT2D eigenvalue weighted by Crippen LogP contribution is -2.25. The molecule has 0 unspecified atom stereocenters. The Bertz CT molecular complexity index is 704. The fourth-order valence-corrected chi connectivity index (χ4v) is 5.39. The van der Waals surface area contributed by atoms with E-state index < -0.39 is 0 Å². The first-order valence-corrected chi connectivity index (χ1v) is 12.2. The molecule has 0 aliphatic heterocycles. The van der Waals surface area contributed by atoms with Gasteiger partial charge in [-0.25, -0.2) is 4.39 Å². The molecule has 0 bridgehead atoms. The van der Waals surface area contributed by atoms with Crippen molar-refractivity contribution >= 4 is 6.08 Å². The van der Waals surface area contributed by atoms with Gasteiger partial charge in [0.25, 0.3) is 0 Å². The maximum absolute atomic E-state index is 14.4. The van der Waals surface area contributed by atoms with Crippen molar-refractivity contribution in [3.63, 3.8) is 0 Å². The highest BCUT2D eigenvalue weighted by molar-refractivity contribution is 5.52. The molecule has 0 saturated heterocycles. The van der Waals surface area contributed by atoms with E-state index in [0.717, 1.165) is 36.2 Å². The standard InChI is InChI=1S/C28H39F/c1-3-5-6-8-24-14-20-27(28(29)21-24)19-13-23-11-17-26(18-12-23)25-15-9-22(7-4-2)10-16-25/h6,8,14,20-23,25-26H,3-5,7,9-12,15-18H2,1-2H3/b8-6+. The lowest BCUT2D eigenvalue weighted by Gasteiger charge is -2.37. The molecule has 2 aliphatic rings. The normalized spacial score (nSPS) is 27.6. The Morgan fingerprint density at radius 2 is 1.62 bits per heavy atom. The van der Waals surface area contributed by atoms with Crippen molar-refractivity contribution in [2.24, 2.45) is 23.7 Å². The summed E-state index contributed by atoms with van der Waals surface area (Å²) in [4.78, 5) is 0. The van der Waals surface area contributed by atoms with Crippen molar-refractivity contribution in [1.82, 2.24) is 0 Å². The van der Waals surface area contributed by atoms with Gasteiger partial charge >= 0.3 is 0 Å². The molecule has 2 aliphatic carbocycles. The fourth-order valence-electron chi connectivity index (χ4n) is 5.39. The lowest BCUT2D eigenvalue weighted by molar-refractivity contribution is 0.154. The molecular weight excluding hydrogens is 355 g/mol. The molecule has 1 aromatic rings. The van der Waals surface area contributed by atoms with Crippen molar-refractivity contribution in [2.45, 2.75) is 90.9 Å². The zero-order chi connectivity index (χ0) is 20.5. The van der Waals surface area contributed by atoms with Gasteiger partial charge in [0, 0.05) is 5.92 Å². The van der Waals surface area contributed by atoms with E-state index in [1.807, 2.05) is 18.2 Å². The van der Waals surface area contributed by atoms with E-state index in [9.17, 15) is 4.39 Å². The second-order valence-corrected chi connectivity index (χ2v) is 9.38. The van der Waals surface area contributed by atoms with Crippen molar-refractivity contribution in [3.8, 4) is 11.8 Å². The zero-order valence-electron chi connectivity index (χ0n) is 18.6. The highest BCUT2D eigenvalue weighted by Gasteiger charge is 2.30. The minimum Gasteiger partial charge on any atom is -0.206 e. The highest BCUT2D eigenvalue weighted by Crippen LogP contribution is 2.42. The average molecular weight is 395 g/mol. The molecule has 1 aromatic carbocycles. The Morgan fingerprint density at radius 1 is 0.931 bits per heavy atom. The van der Waals surface area contributed by atoms with Crippen LogP contribution in [0.3, 0.4) is 0 Å². The molecule has 2 fully saturated rings. The van der Waals surface area contributed by atoms with Crippen LogP contribution in [0.4, 0.5) is 4.39 Å². The van der Waals surface area contributed by atoms with Crippen molar-refractivity contribution in [2.75, 3.05) is 0 Å². The molecule has 0 heterocycles. The van der Waals surface area contributed by atoms with Crippen LogP contribution in [0, 0.1) is 41.3 Å². The lowest BCUT2D eigenvalue weighted by atomic mass is 9.69. The molecule has 0 atom stereocenters. The Kier molecular flexibility index (Phi) is 8.85. The Morgan fingerprint density at radius 3 is 2.24 bits per heavy atom. The van der Waals surface area contributed by atoms with Crippen LogP contribution in [0.15, 0.2) is 24.3 Å². The topological polar surface area (TPSA) is 0 Å². The van der Waals surface area contributed by atoms with Crippen molar-refractivity contribution < 1.29 is 4.39 Å². The first-order chi connectivity index (χ1) is 14.2. The number of benzene rings is 1. The third-order valence-electron chi connectivity index (χ3n) is 7.20. The van der Waals surface area contributed by atoms with E-state index in [4.69, 9.17) is 0 Å². The predicted octanol–water partition coefficient (Wildman–Crippen LogP) is 8.40. The molecule has 0 amide bonds. The van der Waals surface area contributed by atoms with Gasteiger partial charge in [-0.1, -0.05) is 76.0 Å². The van der Waals surface area contributed by atoms with Crippen LogP contribution < -0.4 is 0 Å². The summed E-state index contributed by atoms with van der Waals surface area (Å²) in [5.41, 5.74) is 1.48. The summed E-state index contributed by atoms with van der Waals surface area (Å²) in [5.74, 6) is 9.68. The van der Waals surface area contributed by atoms with E-state index in [-0.39, 0.29) is 5.82 Å². The molecule has 1 heteroatoms. The van der Waals surface area contributed by atoms with Gasteiger partial charge in [-0.05, 0) is 80.4 Å². The predicted molar refractivity (Wildman–Crippen MR) is 123 cm³/mol. The van der Waals surface area contributed by atoms with E-state index in [2.05, 4.69) is 31.8 Å². The van der Waals surface area contributed by atoms with E-state index in [0.29, 0.717) is 11.5 Å². The second-order valence-electron chi connectivity index (χ2n) is 9.38. The summed E-state index contributed by atoms with van der Waals surface area (Å²) >= 11 is 0. The zero-order valence-corrected chi connectivity index (χ0v) is 18.6. The van der Waals surface area contributed by atoms with Crippen LogP contribution in [-0.2, 0) is 0 Å². The second kappa shape index (κ2) is 11.6. The van der Waals surface area contributed by atoms with Gasteiger partial charge < -0.3 is 0 Å². The van der Waals surface area contributed by atoms with E-state index in [1.54, 1.807) is 6.07 Å². The SMILES string of the molecule is CCC/C=C/c1ccc(C#CC2CCC(C3CCC(CCC)CC3)CC2)c(F)c1. The summed E-state index contributed by atoms with van der Waals surface area (Å²) in [7, 11) is 0. The minimum atomic E-state index is -0.186. The molecule has 158 valence electrons. The van der Waals surface area contributed by atoms with Crippen molar-refractivity contribution in [3.05, 3.63) is 41.2 Å². The largest absolute Gasteiger partial charge is 0.206 e. The molecule has 2 saturated carbocycles. The number of rotatable bonds is 6. The maximum atomic E-state index is 14.4. The van der Waals surface area contributed by atoms with Gasteiger partial charge in [0.2, 0.25) is 0 Å². The van der Waals surface area contributed by atoms with E-state index >= 15 is 0 Å². The van der Waals surface area contributed by atoms with E-state index in [1.165, 1.54) is 64.2 Å². The average Bonchev–Trinajstić information content (AvgIpc) is 2.75. The Hall–Kier alpha value is -1.55. The monoisotopic (exact) mass is 394 g/mol. The summed E-state index contributed by atoms with van der Waals surface area (Å²) < 4.78 is 14.4. The molecule has 0 nitrogen and oxygen atoms in total. The molecular formula is C28H39F.